The zero-order valence-electron chi connectivity index (χ0n) is 12.8. The van der Waals surface area contributed by atoms with E-state index in [4.69, 9.17) is 11.6 Å². The van der Waals surface area contributed by atoms with Crippen molar-refractivity contribution in [2.75, 3.05) is 13.1 Å². The fourth-order valence-electron chi connectivity index (χ4n) is 2.58. The second-order valence-electron chi connectivity index (χ2n) is 5.48. The molecule has 126 valence electrons. The molecular formula is C14H15ClN6O3. The molecule has 0 radical (unpaired) electrons. The van der Waals surface area contributed by atoms with Crippen molar-refractivity contribution in [3.63, 3.8) is 0 Å². The summed E-state index contributed by atoms with van der Waals surface area (Å²) in [4.78, 5) is 37.3. The Hall–Kier alpha value is -2.68. The minimum absolute atomic E-state index is 0.117. The smallest absolute Gasteiger partial charge is 0.352 e. The number of nitrogens with zero attached hydrogens (tertiary/aromatic N) is 5. The van der Waals surface area contributed by atoms with E-state index in [1.165, 1.54) is 11.8 Å². The van der Waals surface area contributed by atoms with Crippen LogP contribution in [0.15, 0.2) is 29.1 Å². The number of rotatable bonds is 2. The van der Waals surface area contributed by atoms with Crippen LogP contribution in [0, 0.1) is 0 Å². The van der Waals surface area contributed by atoms with E-state index in [0.29, 0.717) is 34.9 Å². The van der Waals surface area contributed by atoms with Crippen LogP contribution in [0.3, 0.4) is 0 Å². The quantitative estimate of drug-likeness (QED) is 0.783. The van der Waals surface area contributed by atoms with Gasteiger partial charge in [0.1, 0.15) is 0 Å². The summed E-state index contributed by atoms with van der Waals surface area (Å²) < 4.78 is 1.74. The van der Waals surface area contributed by atoms with Gasteiger partial charge in [0.2, 0.25) is 5.91 Å². The predicted molar refractivity (Wildman–Crippen MR) is 85.2 cm³/mol. The molecule has 3 rings (SSSR count). The molecular weight excluding hydrogens is 336 g/mol. The van der Waals surface area contributed by atoms with Gasteiger partial charge in [-0.25, -0.2) is 9.59 Å². The number of hydrogen-bond acceptors (Lipinski definition) is 5. The molecule has 9 nitrogen and oxygen atoms in total. The first-order chi connectivity index (χ1) is 11.5. The molecule has 0 aliphatic carbocycles. The number of likely N-dealkylation sites (tertiary alicyclic amines) is 1. The van der Waals surface area contributed by atoms with E-state index >= 15 is 0 Å². The van der Waals surface area contributed by atoms with Crippen molar-refractivity contribution in [3.05, 3.63) is 39.8 Å². The van der Waals surface area contributed by atoms with E-state index in [1.807, 2.05) is 0 Å². The topological polar surface area (TPSA) is 102 Å². The first-order valence-corrected chi connectivity index (χ1v) is 7.71. The maximum absolute atomic E-state index is 12.4. The summed E-state index contributed by atoms with van der Waals surface area (Å²) in [7, 11) is 0. The minimum Gasteiger partial charge on any atom is -0.352 e. The molecule has 2 aromatic rings. The molecule has 24 heavy (non-hydrogen) atoms. The molecule has 1 atom stereocenters. The van der Waals surface area contributed by atoms with Crippen LogP contribution in [-0.4, -0.2) is 55.8 Å². The fraction of sp³-hybridized carbons (Fsp3) is 0.357. The van der Waals surface area contributed by atoms with Crippen LogP contribution < -0.4 is 11.0 Å². The SMILES string of the molecule is CC(=O)NC1CCN(C(=O)n2nnn(-c3ccc(Cl)cc3)c2=O)C1. The lowest BCUT2D eigenvalue weighted by atomic mass is 10.3. The first kappa shape index (κ1) is 16.2. The summed E-state index contributed by atoms with van der Waals surface area (Å²) in [6, 6.07) is 5.76. The summed E-state index contributed by atoms with van der Waals surface area (Å²) in [6.45, 7) is 2.19. The number of halogens is 1. The van der Waals surface area contributed by atoms with Gasteiger partial charge in [-0.3, -0.25) is 4.79 Å². The molecule has 10 heteroatoms. The second kappa shape index (κ2) is 6.44. The molecule has 0 saturated carbocycles. The van der Waals surface area contributed by atoms with Gasteiger partial charge in [0.05, 0.1) is 5.69 Å². The summed E-state index contributed by atoms with van der Waals surface area (Å²) in [5.74, 6) is -0.153. The Labute approximate surface area is 141 Å². The van der Waals surface area contributed by atoms with Crippen LogP contribution in [0.2, 0.25) is 5.02 Å². The van der Waals surface area contributed by atoms with E-state index in [1.54, 1.807) is 24.3 Å². The van der Waals surface area contributed by atoms with Gasteiger partial charge in [-0.15, -0.1) is 4.68 Å². The predicted octanol–water partition coefficient (Wildman–Crippen LogP) is 0.261. The van der Waals surface area contributed by atoms with E-state index in [9.17, 15) is 14.4 Å². The highest BCUT2D eigenvalue weighted by Crippen LogP contribution is 2.12. The number of amides is 2. The van der Waals surface area contributed by atoms with Crippen molar-refractivity contribution in [1.29, 1.82) is 0 Å². The van der Waals surface area contributed by atoms with E-state index in [-0.39, 0.29) is 11.9 Å². The van der Waals surface area contributed by atoms with Crippen molar-refractivity contribution in [3.8, 4) is 5.69 Å². The standard InChI is InChI=1S/C14H15ClN6O3/c1-9(22)16-11-6-7-19(8-11)13(23)21-14(24)20(17-18-21)12-4-2-10(15)3-5-12/h2-5,11H,6-8H2,1H3,(H,16,22). The number of nitrogens with one attached hydrogen (secondary N) is 1. The Morgan fingerprint density at radius 2 is 1.96 bits per heavy atom. The Bertz CT molecular complexity index is 828. The van der Waals surface area contributed by atoms with E-state index in [0.717, 1.165) is 4.68 Å². The van der Waals surface area contributed by atoms with Crippen LogP contribution in [0.1, 0.15) is 13.3 Å². The monoisotopic (exact) mass is 350 g/mol. The van der Waals surface area contributed by atoms with Crippen molar-refractivity contribution in [1.82, 2.24) is 30.0 Å². The minimum atomic E-state index is -0.662. The van der Waals surface area contributed by atoms with Crippen molar-refractivity contribution in [2.45, 2.75) is 19.4 Å². The van der Waals surface area contributed by atoms with Crippen LogP contribution in [-0.2, 0) is 4.79 Å². The molecule has 1 aliphatic heterocycles. The third-order valence-corrected chi connectivity index (χ3v) is 3.95. The van der Waals surface area contributed by atoms with Gasteiger partial charge in [-0.05, 0) is 41.1 Å². The lowest BCUT2D eigenvalue weighted by Gasteiger charge is -2.15. The summed E-state index contributed by atoms with van der Waals surface area (Å²) in [5.41, 5.74) is -0.203. The van der Waals surface area contributed by atoms with Crippen molar-refractivity contribution >= 4 is 23.5 Å². The maximum Gasteiger partial charge on any atom is 0.377 e. The molecule has 1 saturated heterocycles. The fourth-order valence-corrected chi connectivity index (χ4v) is 2.71. The summed E-state index contributed by atoms with van der Waals surface area (Å²) >= 11 is 5.81. The Balaban J connectivity index is 1.79. The zero-order valence-corrected chi connectivity index (χ0v) is 13.6. The number of carbonyl (C=O) groups is 2. The van der Waals surface area contributed by atoms with Crippen molar-refractivity contribution in [2.24, 2.45) is 0 Å². The maximum atomic E-state index is 12.4. The number of hydrogen-bond donors (Lipinski definition) is 1. The van der Waals surface area contributed by atoms with Crippen LogP contribution in [0.4, 0.5) is 4.79 Å². The zero-order chi connectivity index (χ0) is 17.3. The first-order valence-electron chi connectivity index (χ1n) is 7.33. The number of aromatic nitrogens is 4. The van der Waals surface area contributed by atoms with Gasteiger partial charge < -0.3 is 10.2 Å². The largest absolute Gasteiger partial charge is 0.377 e. The van der Waals surface area contributed by atoms with Gasteiger partial charge >= 0.3 is 11.7 Å². The molecule has 1 aliphatic rings. The highest BCUT2D eigenvalue weighted by molar-refractivity contribution is 6.30. The Kier molecular flexibility index (Phi) is 4.34. The molecule has 2 amide bonds. The van der Waals surface area contributed by atoms with Gasteiger partial charge in [-0.1, -0.05) is 11.6 Å². The molecule has 0 bridgehead atoms. The molecule has 1 aromatic carbocycles. The molecule has 1 unspecified atom stereocenters. The molecule has 1 N–H and O–H groups in total. The Morgan fingerprint density at radius 1 is 1.25 bits per heavy atom. The summed E-state index contributed by atoms with van der Waals surface area (Å²) in [6.07, 6.45) is 0.630. The van der Waals surface area contributed by atoms with Crippen molar-refractivity contribution < 1.29 is 9.59 Å². The van der Waals surface area contributed by atoms with Gasteiger partial charge in [0, 0.05) is 31.1 Å². The average molecular weight is 351 g/mol. The third kappa shape index (κ3) is 3.16. The highest BCUT2D eigenvalue weighted by Gasteiger charge is 2.29. The van der Waals surface area contributed by atoms with Crippen LogP contribution in [0.25, 0.3) is 5.69 Å². The average Bonchev–Trinajstić information content (AvgIpc) is 3.14. The molecule has 0 spiro atoms. The third-order valence-electron chi connectivity index (χ3n) is 3.70. The second-order valence-corrected chi connectivity index (χ2v) is 5.91. The summed E-state index contributed by atoms with van der Waals surface area (Å²) in [5, 5.41) is 10.7. The van der Waals surface area contributed by atoms with Gasteiger partial charge in [-0.2, -0.15) is 4.68 Å². The lowest BCUT2D eigenvalue weighted by Crippen LogP contribution is -2.42. The van der Waals surface area contributed by atoms with Crippen LogP contribution >= 0.6 is 11.6 Å². The normalized spacial score (nSPS) is 17.1. The number of benzene rings is 1. The molecule has 1 aromatic heterocycles. The Morgan fingerprint density at radius 3 is 2.62 bits per heavy atom. The number of carbonyl (C=O) groups excluding carboxylic acids is 2. The lowest BCUT2D eigenvalue weighted by molar-refractivity contribution is -0.119. The van der Waals surface area contributed by atoms with Crippen LogP contribution in [0.5, 0.6) is 0 Å². The van der Waals surface area contributed by atoms with E-state index < -0.39 is 11.7 Å². The van der Waals surface area contributed by atoms with E-state index in [2.05, 4.69) is 15.7 Å². The molecule has 2 heterocycles. The molecule has 1 fully saturated rings. The number of tetrazole rings is 1. The van der Waals surface area contributed by atoms with Gasteiger partial charge in [0.15, 0.2) is 0 Å². The highest BCUT2D eigenvalue weighted by atomic mass is 35.5. The van der Waals surface area contributed by atoms with Gasteiger partial charge in [0.25, 0.3) is 0 Å².